The highest BCUT2D eigenvalue weighted by Crippen LogP contribution is 2.33. The first kappa shape index (κ1) is 20.0. The van der Waals surface area contributed by atoms with E-state index in [9.17, 15) is 17.6 Å². The lowest BCUT2D eigenvalue weighted by molar-refractivity contribution is -0.119. The molecule has 1 amide bonds. The molecule has 31 heavy (non-hydrogen) atoms. The zero-order chi connectivity index (χ0) is 21.6. The van der Waals surface area contributed by atoms with Gasteiger partial charge in [0.2, 0.25) is 15.9 Å². The largest absolute Gasteiger partial charge is 0.301 e. The number of aromatic nitrogens is 1. The van der Waals surface area contributed by atoms with Crippen molar-refractivity contribution in [3.05, 3.63) is 66.5 Å². The Kier molecular flexibility index (Phi) is 4.96. The van der Waals surface area contributed by atoms with Gasteiger partial charge in [-0.2, -0.15) is 4.31 Å². The predicted molar refractivity (Wildman–Crippen MR) is 119 cm³/mol. The maximum Gasteiger partial charge on any atom is 0.244 e. The van der Waals surface area contributed by atoms with Gasteiger partial charge in [0, 0.05) is 11.9 Å². The molecular weight excluding hydrogens is 437 g/mol. The summed E-state index contributed by atoms with van der Waals surface area (Å²) in [4.78, 5) is 17.5. The summed E-state index contributed by atoms with van der Waals surface area (Å²) in [6.45, 7) is 0.238. The van der Waals surface area contributed by atoms with Crippen LogP contribution in [-0.2, 0) is 14.8 Å². The summed E-state index contributed by atoms with van der Waals surface area (Å²) in [5, 5.41) is 5.38. The Hall–Kier alpha value is -2.88. The van der Waals surface area contributed by atoms with E-state index >= 15 is 0 Å². The first-order valence-electron chi connectivity index (χ1n) is 9.80. The normalized spacial score (nSPS) is 17.4. The van der Waals surface area contributed by atoms with Crippen LogP contribution in [0.5, 0.6) is 0 Å². The number of fused-ring (bicyclic) bond motifs is 3. The molecule has 1 fully saturated rings. The number of anilines is 1. The third kappa shape index (κ3) is 3.58. The summed E-state index contributed by atoms with van der Waals surface area (Å²) >= 11 is 1.37. The minimum absolute atomic E-state index is 0.0277. The number of benzene rings is 3. The van der Waals surface area contributed by atoms with Crippen LogP contribution in [-0.4, -0.2) is 36.2 Å². The molecule has 1 aliphatic heterocycles. The molecule has 1 saturated heterocycles. The van der Waals surface area contributed by atoms with Gasteiger partial charge in [-0.3, -0.25) is 4.79 Å². The van der Waals surface area contributed by atoms with Crippen molar-refractivity contribution in [1.29, 1.82) is 0 Å². The smallest absolute Gasteiger partial charge is 0.244 e. The quantitative estimate of drug-likeness (QED) is 0.495. The summed E-state index contributed by atoms with van der Waals surface area (Å²) in [6.07, 6.45) is 0.989. The Labute approximate surface area is 182 Å². The van der Waals surface area contributed by atoms with Crippen LogP contribution in [0.3, 0.4) is 0 Å². The summed E-state index contributed by atoms with van der Waals surface area (Å²) in [5.41, 5.74) is 0.779. The number of rotatable bonds is 4. The minimum Gasteiger partial charge on any atom is -0.301 e. The fraction of sp³-hybridized carbons (Fsp3) is 0.182. The number of carbonyl (C=O) groups is 1. The highest BCUT2D eigenvalue weighted by Gasteiger charge is 2.39. The molecule has 1 N–H and O–H groups in total. The van der Waals surface area contributed by atoms with Gasteiger partial charge in [0.15, 0.2) is 5.13 Å². The second-order valence-corrected chi connectivity index (χ2v) is 10.3. The molecular formula is C22H18FN3O3S2. The highest BCUT2D eigenvalue weighted by atomic mass is 32.2. The average Bonchev–Trinajstić information content (AvgIpc) is 3.41. The zero-order valence-corrected chi connectivity index (χ0v) is 17.9. The number of amides is 1. The number of nitrogens with one attached hydrogen (secondary N) is 1. The highest BCUT2D eigenvalue weighted by molar-refractivity contribution is 7.89. The maximum absolute atomic E-state index is 13.2. The lowest BCUT2D eigenvalue weighted by Gasteiger charge is -2.23. The van der Waals surface area contributed by atoms with Gasteiger partial charge in [-0.15, -0.1) is 0 Å². The number of thiazole rings is 1. The molecule has 1 aliphatic rings. The van der Waals surface area contributed by atoms with Crippen molar-refractivity contribution < 1.29 is 17.6 Å². The van der Waals surface area contributed by atoms with Gasteiger partial charge in [0.1, 0.15) is 11.9 Å². The molecule has 0 saturated carbocycles. The first-order valence-corrected chi connectivity index (χ1v) is 12.1. The van der Waals surface area contributed by atoms with Gasteiger partial charge in [0.05, 0.1) is 15.1 Å². The molecule has 0 bridgehead atoms. The van der Waals surface area contributed by atoms with Gasteiger partial charge in [0.25, 0.3) is 0 Å². The standard InChI is InChI=1S/C22H18FN3O3S2/c23-15-8-10-16(11-9-15)31(28,29)26-13-3-6-19(26)21(27)25-22-24-18-12-7-14-4-1-2-5-17(14)20(18)30-22/h1-2,4-5,7-12,19H,3,6,13H2,(H,24,25,27). The van der Waals surface area contributed by atoms with E-state index in [0.29, 0.717) is 18.0 Å². The second-order valence-electron chi connectivity index (χ2n) is 7.37. The van der Waals surface area contributed by atoms with E-state index < -0.39 is 27.8 Å². The van der Waals surface area contributed by atoms with Crippen LogP contribution in [0.15, 0.2) is 65.6 Å². The Bertz CT molecular complexity index is 1400. The van der Waals surface area contributed by atoms with Crippen LogP contribution in [0, 0.1) is 5.82 Å². The summed E-state index contributed by atoms with van der Waals surface area (Å²) in [7, 11) is -3.91. The van der Waals surface area contributed by atoms with Gasteiger partial charge >= 0.3 is 0 Å². The number of halogens is 1. The van der Waals surface area contributed by atoms with Crippen LogP contribution in [0.25, 0.3) is 21.0 Å². The molecule has 4 aromatic rings. The number of nitrogens with zero attached hydrogens (tertiary/aromatic N) is 2. The average molecular weight is 456 g/mol. The summed E-state index contributed by atoms with van der Waals surface area (Å²) < 4.78 is 41.4. The van der Waals surface area contributed by atoms with Gasteiger partial charge < -0.3 is 5.32 Å². The van der Waals surface area contributed by atoms with E-state index in [1.165, 1.54) is 27.8 Å². The van der Waals surface area contributed by atoms with Crippen LogP contribution < -0.4 is 5.32 Å². The minimum atomic E-state index is -3.91. The van der Waals surface area contributed by atoms with E-state index in [4.69, 9.17) is 0 Å². The van der Waals surface area contributed by atoms with E-state index in [0.717, 1.165) is 33.1 Å². The zero-order valence-electron chi connectivity index (χ0n) is 16.3. The molecule has 1 atom stereocenters. The number of carbonyl (C=O) groups excluding carboxylic acids is 1. The predicted octanol–water partition coefficient (Wildman–Crippen LogP) is 4.38. The Morgan fingerprint density at radius 3 is 2.68 bits per heavy atom. The fourth-order valence-electron chi connectivity index (χ4n) is 3.93. The molecule has 2 heterocycles. The number of hydrogen-bond donors (Lipinski definition) is 1. The van der Waals surface area contributed by atoms with Gasteiger partial charge in [-0.1, -0.05) is 41.7 Å². The van der Waals surface area contributed by atoms with Crippen molar-refractivity contribution in [1.82, 2.24) is 9.29 Å². The molecule has 5 rings (SSSR count). The summed E-state index contributed by atoms with van der Waals surface area (Å²) in [5.74, 6) is -0.926. The molecule has 6 nitrogen and oxygen atoms in total. The fourth-order valence-corrected chi connectivity index (χ4v) is 6.59. The molecule has 1 aromatic heterocycles. The van der Waals surface area contributed by atoms with Crippen molar-refractivity contribution in [2.24, 2.45) is 0 Å². The lowest BCUT2D eigenvalue weighted by Crippen LogP contribution is -2.43. The molecule has 158 valence electrons. The van der Waals surface area contributed by atoms with Crippen molar-refractivity contribution in [3.63, 3.8) is 0 Å². The lowest BCUT2D eigenvalue weighted by atomic mass is 10.1. The Morgan fingerprint density at radius 1 is 1.10 bits per heavy atom. The van der Waals surface area contributed by atoms with Crippen LogP contribution in [0.1, 0.15) is 12.8 Å². The third-order valence-electron chi connectivity index (χ3n) is 5.44. The van der Waals surface area contributed by atoms with E-state index in [2.05, 4.69) is 10.3 Å². The van der Waals surface area contributed by atoms with Crippen LogP contribution in [0.2, 0.25) is 0 Å². The van der Waals surface area contributed by atoms with E-state index in [1.807, 2.05) is 36.4 Å². The van der Waals surface area contributed by atoms with E-state index in [1.54, 1.807) is 0 Å². The van der Waals surface area contributed by atoms with Gasteiger partial charge in [-0.25, -0.2) is 17.8 Å². The van der Waals surface area contributed by atoms with Gasteiger partial charge in [-0.05, 0) is 48.6 Å². The van der Waals surface area contributed by atoms with Crippen molar-refractivity contribution >= 4 is 53.4 Å². The second kappa shape index (κ2) is 7.67. The molecule has 9 heteroatoms. The Morgan fingerprint density at radius 2 is 1.87 bits per heavy atom. The summed E-state index contributed by atoms with van der Waals surface area (Å²) in [6, 6.07) is 15.6. The molecule has 1 unspecified atom stereocenters. The maximum atomic E-state index is 13.2. The van der Waals surface area contributed by atoms with E-state index in [-0.39, 0.29) is 11.4 Å². The molecule has 0 aliphatic carbocycles. The number of sulfonamides is 1. The van der Waals surface area contributed by atoms with Crippen molar-refractivity contribution in [2.45, 2.75) is 23.8 Å². The monoisotopic (exact) mass is 455 g/mol. The SMILES string of the molecule is O=C(Nc1nc2ccc3ccccc3c2s1)C1CCCN1S(=O)(=O)c1ccc(F)cc1. The first-order chi connectivity index (χ1) is 14.9. The third-order valence-corrected chi connectivity index (χ3v) is 8.38. The molecule has 0 radical (unpaired) electrons. The Balaban J connectivity index is 1.42. The molecule has 0 spiro atoms. The van der Waals surface area contributed by atoms with Crippen molar-refractivity contribution in [3.8, 4) is 0 Å². The molecule has 3 aromatic carbocycles. The topological polar surface area (TPSA) is 79.4 Å². The van der Waals surface area contributed by atoms with Crippen LogP contribution >= 0.6 is 11.3 Å². The number of hydrogen-bond acceptors (Lipinski definition) is 5. The van der Waals surface area contributed by atoms with Crippen LogP contribution in [0.4, 0.5) is 9.52 Å². The van der Waals surface area contributed by atoms with Crippen molar-refractivity contribution in [2.75, 3.05) is 11.9 Å².